The van der Waals surface area contributed by atoms with Crippen LogP contribution in [0.1, 0.15) is 40.2 Å². The molecular formula is C27H33N3O3. The monoisotopic (exact) mass is 447 g/mol. The summed E-state index contributed by atoms with van der Waals surface area (Å²) in [4.78, 5) is 16.2. The third-order valence-electron chi connectivity index (χ3n) is 7.19. The van der Waals surface area contributed by atoms with Crippen molar-refractivity contribution in [2.75, 3.05) is 45.9 Å². The molecule has 1 aromatic heterocycles. The molecule has 2 saturated heterocycles. The first-order valence-corrected chi connectivity index (χ1v) is 12.1. The maximum Gasteiger partial charge on any atom is 0.335 e. The van der Waals surface area contributed by atoms with Crippen LogP contribution in [-0.2, 0) is 17.8 Å². The van der Waals surface area contributed by atoms with Crippen LogP contribution in [0.5, 0.6) is 0 Å². The Bertz CT molecular complexity index is 1090. The van der Waals surface area contributed by atoms with Crippen LogP contribution in [0.15, 0.2) is 54.7 Å². The molecule has 0 bridgehead atoms. The Morgan fingerprint density at radius 1 is 0.939 bits per heavy atom. The predicted octanol–water partition coefficient (Wildman–Crippen LogP) is 4.05. The molecule has 2 fully saturated rings. The molecule has 3 heterocycles. The van der Waals surface area contributed by atoms with Crippen molar-refractivity contribution in [3.63, 3.8) is 0 Å². The van der Waals surface area contributed by atoms with Gasteiger partial charge in [-0.2, -0.15) is 0 Å². The summed E-state index contributed by atoms with van der Waals surface area (Å²) >= 11 is 0. The normalized spacial score (nSPS) is 18.7. The smallest absolute Gasteiger partial charge is 0.335 e. The van der Waals surface area contributed by atoms with Gasteiger partial charge in [0, 0.05) is 49.8 Å². The summed E-state index contributed by atoms with van der Waals surface area (Å²) in [5, 5.41) is 10.6. The number of carbonyl (C=O) groups is 1. The molecule has 3 aromatic rings. The maximum absolute atomic E-state index is 11.3. The van der Waals surface area contributed by atoms with Crippen LogP contribution in [-0.4, -0.2) is 71.4 Å². The molecule has 6 heteroatoms. The standard InChI is InChI=1S/C27H33N3O3/c31-27(32)23-5-3-4-21(18-23)19-29-10-8-22(9-11-29)25-20-30(26-7-2-1-6-24(25)26)13-12-28-14-16-33-17-15-28/h1-7,18,20,22H,8-17,19H2,(H,31,32). The van der Waals surface area contributed by atoms with Gasteiger partial charge < -0.3 is 14.4 Å². The van der Waals surface area contributed by atoms with Crippen LogP contribution in [0.25, 0.3) is 10.9 Å². The quantitative estimate of drug-likeness (QED) is 0.592. The third-order valence-corrected chi connectivity index (χ3v) is 7.19. The molecule has 0 radical (unpaired) electrons. The lowest BCUT2D eigenvalue weighted by Crippen LogP contribution is -2.38. The number of aromatic carboxylic acids is 1. The number of carboxylic acids is 1. The number of piperidine rings is 1. The predicted molar refractivity (Wildman–Crippen MR) is 130 cm³/mol. The summed E-state index contributed by atoms with van der Waals surface area (Å²) in [7, 11) is 0. The topological polar surface area (TPSA) is 57.9 Å². The Hall–Kier alpha value is -2.67. The van der Waals surface area contributed by atoms with E-state index < -0.39 is 5.97 Å². The van der Waals surface area contributed by atoms with Crippen molar-refractivity contribution in [1.29, 1.82) is 0 Å². The second-order valence-electron chi connectivity index (χ2n) is 9.30. The molecule has 33 heavy (non-hydrogen) atoms. The Labute approximate surface area is 195 Å². The summed E-state index contributed by atoms with van der Waals surface area (Å²) in [6, 6.07) is 16.2. The zero-order chi connectivity index (χ0) is 22.6. The van der Waals surface area contributed by atoms with E-state index in [2.05, 4.69) is 44.8 Å². The average Bonchev–Trinajstić information content (AvgIpc) is 3.23. The lowest BCUT2D eigenvalue weighted by Gasteiger charge is -2.32. The van der Waals surface area contributed by atoms with Gasteiger partial charge in [0.1, 0.15) is 0 Å². The van der Waals surface area contributed by atoms with Gasteiger partial charge in [-0.25, -0.2) is 4.79 Å². The zero-order valence-electron chi connectivity index (χ0n) is 19.2. The summed E-state index contributed by atoms with van der Waals surface area (Å²) in [5.74, 6) is -0.290. The number of nitrogens with zero attached hydrogens (tertiary/aromatic N) is 3. The van der Waals surface area contributed by atoms with Gasteiger partial charge in [0.25, 0.3) is 0 Å². The average molecular weight is 448 g/mol. The van der Waals surface area contributed by atoms with Crippen molar-refractivity contribution in [2.24, 2.45) is 0 Å². The number of ether oxygens (including phenoxy) is 1. The number of benzene rings is 2. The number of carboxylic acid groups (broad SMARTS) is 1. The van der Waals surface area contributed by atoms with Crippen molar-refractivity contribution in [3.8, 4) is 0 Å². The van der Waals surface area contributed by atoms with E-state index in [1.54, 1.807) is 12.1 Å². The summed E-state index contributed by atoms with van der Waals surface area (Å²) in [5.41, 5.74) is 4.27. The summed E-state index contributed by atoms with van der Waals surface area (Å²) in [6.45, 7) is 8.71. The first-order chi connectivity index (χ1) is 16.2. The molecule has 0 spiro atoms. The van der Waals surface area contributed by atoms with Gasteiger partial charge in [-0.15, -0.1) is 0 Å². The van der Waals surface area contributed by atoms with E-state index in [0.29, 0.717) is 11.5 Å². The number of hydrogen-bond acceptors (Lipinski definition) is 4. The minimum Gasteiger partial charge on any atom is -0.478 e. The Morgan fingerprint density at radius 3 is 2.52 bits per heavy atom. The van der Waals surface area contributed by atoms with Crippen LogP contribution in [0.2, 0.25) is 0 Å². The van der Waals surface area contributed by atoms with Crippen molar-refractivity contribution >= 4 is 16.9 Å². The molecule has 0 aliphatic carbocycles. The van der Waals surface area contributed by atoms with Crippen LogP contribution in [0.3, 0.4) is 0 Å². The molecule has 174 valence electrons. The van der Waals surface area contributed by atoms with Gasteiger partial charge in [0.15, 0.2) is 0 Å². The SMILES string of the molecule is O=C(O)c1cccc(CN2CCC(c3cn(CCN4CCOCC4)c4ccccc34)CC2)c1. The molecule has 2 aliphatic rings. The highest BCUT2D eigenvalue weighted by atomic mass is 16.5. The highest BCUT2D eigenvalue weighted by Gasteiger charge is 2.24. The largest absolute Gasteiger partial charge is 0.478 e. The summed E-state index contributed by atoms with van der Waals surface area (Å²) in [6.07, 6.45) is 4.67. The van der Waals surface area contributed by atoms with Gasteiger partial charge in [-0.1, -0.05) is 30.3 Å². The number of hydrogen-bond donors (Lipinski definition) is 1. The summed E-state index contributed by atoms with van der Waals surface area (Å²) < 4.78 is 7.94. The molecule has 1 N–H and O–H groups in total. The number of rotatable bonds is 7. The van der Waals surface area contributed by atoms with Gasteiger partial charge in [-0.05, 0) is 61.2 Å². The molecule has 0 unspecified atom stereocenters. The lowest BCUT2D eigenvalue weighted by molar-refractivity contribution is 0.0365. The van der Waals surface area contributed by atoms with Crippen molar-refractivity contribution in [3.05, 3.63) is 71.4 Å². The van der Waals surface area contributed by atoms with Crippen LogP contribution in [0, 0.1) is 0 Å². The Balaban J connectivity index is 1.24. The zero-order valence-corrected chi connectivity index (χ0v) is 19.2. The molecule has 0 amide bonds. The first-order valence-electron chi connectivity index (χ1n) is 12.1. The van der Waals surface area contributed by atoms with Gasteiger partial charge in [0.05, 0.1) is 18.8 Å². The molecule has 0 saturated carbocycles. The van der Waals surface area contributed by atoms with Crippen molar-refractivity contribution in [2.45, 2.75) is 31.8 Å². The van der Waals surface area contributed by atoms with E-state index in [9.17, 15) is 9.90 Å². The van der Waals surface area contributed by atoms with Gasteiger partial charge in [0.2, 0.25) is 0 Å². The first kappa shape index (κ1) is 22.1. The van der Waals surface area contributed by atoms with Crippen molar-refractivity contribution < 1.29 is 14.6 Å². The number of likely N-dealkylation sites (tertiary alicyclic amines) is 1. The molecular weight excluding hydrogens is 414 g/mol. The van der Waals surface area contributed by atoms with Crippen LogP contribution >= 0.6 is 0 Å². The lowest BCUT2D eigenvalue weighted by atomic mass is 9.89. The molecule has 6 nitrogen and oxygen atoms in total. The van der Waals surface area contributed by atoms with E-state index in [0.717, 1.165) is 77.4 Å². The molecule has 0 atom stereocenters. The Morgan fingerprint density at radius 2 is 1.73 bits per heavy atom. The highest BCUT2D eigenvalue weighted by molar-refractivity contribution is 5.87. The van der Waals surface area contributed by atoms with E-state index >= 15 is 0 Å². The van der Waals surface area contributed by atoms with E-state index in [4.69, 9.17) is 4.74 Å². The molecule has 2 aromatic carbocycles. The van der Waals surface area contributed by atoms with Gasteiger partial charge in [-0.3, -0.25) is 9.80 Å². The molecule has 2 aliphatic heterocycles. The Kier molecular flexibility index (Phi) is 6.76. The van der Waals surface area contributed by atoms with Crippen LogP contribution < -0.4 is 0 Å². The number of fused-ring (bicyclic) bond motifs is 1. The van der Waals surface area contributed by atoms with E-state index in [1.807, 2.05) is 12.1 Å². The highest BCUT2D eigenvalue weighted by Crippen LogP contribution is 2.35. The number of aromatic nitrogens is 1. The fourth-order valence-corrected chi connectivity index (χ4v) is 5.32. The minimum absolute atomic E-state index is 0.368. The van der Waals surface area contributed by atoms with Crippen LogP contribution in [0.4, 0.5) is 0 Å². The second-order valence-corrected chi connectivity index (χ2v) is 9.30. The second kappa shape index (κ2) is 10.1. The maximum atomic E-state index is 11.3. The van der Waals surface area contributed by atoms with Crippen molar-refractivity contribution in [1.82, 2.24) is 14.4 Å². The number of para-hydroxylation sites is 1. The fraction of sp³-hybridized carbons (Fsp3) is 0.444. The molecule has 5 rings (SSSR count). The third kappa shape index (κ3) is 5.13. The fourth-order valence-electron chi connectivity index (χ4n) is 5.32. The van der Waals surface area contributed by atoms with E-state index in [1.165, 1.54) is 16.5 Å². The van der Waals surface area contributed by atoms with E-state index in [-0.39, 0.29) is 0 Å². The van der Waals surface area contributed by atoms with Gasteiger partial charge >= 0.3 is 5.97 Å². The number of morpholine rings is 1. The minimum atomic E-state index is -0.861.